The molecule has 0 amide bonds. The second-order valence-corrected chi connectivity index (χ2v) is 6.24. The van der Waals surface area contributed by atoms with Crippen molar-refractivity contribution >= 4 is 21.8 Å². The van der Waals surface area contributed by atoms with E-state index in [9.17, 15) is 9.00 Å². The van der Waals surface area contributed by atoms with Gasteiger partial charge in [-0.05, 0) is 23.6 Å². The molecule has 0 aliphatic rings. The molecule has 22 heavy (non-hydrogen) atoms. The molecular formula is C15H15N3O3S. The molecule has 1 aromatic carbocycles. The summed E-state index contributed by atoms with van der Waals surface area (Å²) >= 11 is 0. The van der Waals surface area contributed by atoms with Crippen LogP contribution >= 0.6 is 0 Å². The lowest BCUT2D eigenvalue weighted by Crippen LogP contribution is -2.08. The molecule has 3 aromatic rings. The fourth-order valence-electron chi connectivity index (χ4n) is 2.38. The summed E-state index contributed by atoms with van der Waals surface area (Å²) in [5.74, 6) is 0. The molecular weight excluding hydrogens is 302 g/mol. The molecule has 0 bridgehead atoms. The van der Waals surface area contributed by atoms with Gasteiger partial charge in [0.1, 0.15) is 11.9 Å². The van der Waals surface area contributed by atoms with Crippen molar-refractivity contribution in [3.8, 4) is 0 Å². The van der Waals surface area contributed by atoms with E-state index in [1.165, 1.54) is 12.4 Å². The van der Waals surface area contributed by atoms with Crippen LogP contribution in [0.3, 0.4) is 0 Å². The van der Waals surface area contributed by atoms with Gasteiger partial charge < -0.3 is 8.98 Å². The lowest BCUT2D eigenvalue weighted by atomic mass is 10.1. The van der Waals surface area contributed by atoms with Crippen molar-refractivity contribution in [3.63, 3.8) is 0 Å². The van der Waals surface area contributed by atoms with Gasteiger partial charge in [-0.2, -0.15) is 0 Å². The summed E-state index contributed by atoms with van der Waals surface area (Å²) in [7, 11) is -1.24. The van der Waals surface area contributed by atoms with Gasteiger partial charge in [-0.1, -0.05) is 19.1 Å². The number of aryl methyl sites for hydroxylation is 1. The Hall–Kier alpha value is -2.28. The minimum atomic E-state index is -1.24. The molecule has 0 fully saturated rings. The summed E-state index contributed by atoms with van der Waals surface area (Å²) in [4.78, 5) is 11.8. The molecule has 0 saturated carbocycles. The Morgan fingerprint density at radius 3 is 2.86 bits per heavy atom. The highest BCUT2D eigenvalue weighted by atomic mass is 32.2. The summed E-state index contributed by atoms with van der Waals surface area (Å²) in [6.07, 6.45) is 3.93. The number of hydrogen-bond donors (Lipinski definition) is 0. The first-order valence-corrected chi connectivity index (χ1v) is 8.41. The number of hydrogen-bond acceptors (Lipinski definition) is 5. The minimum Gasteiger partial charge on any atom is -0.423 e. The standard InChI is InChI=1S/C15H15N3O3S/c1-3-10-4-5-12-11(7-14(19)21-13(12)6-10)8-18-9-16-17-15(18)22(2)20/h4-7,9H,3,8H2,1-2H3/t22-/m0/s1. The fraction of sp³-hybridized carbons (Fsp3) is 0.267. The van der Waals surface area contributed by atoms with Gasteiger partial charge in [0.25, 0.3) is 0 Å². The zero-order valence-electron chi connectivity index (χ0n) is 12.3. The van der Waals surface area contributed by atoms with Gasteiger partial charge in [0.2, 0.25) is 5.16 Å². The zero-order chi connectivity index (χ0) is 15.7. The average Bonchev–Trinajstić information content (AvgIpc) is 2.94. The molecule has 7 heteroatoms. The predicted molar refractivity (Wildman–Crippen MR) is 83.3 cm³/mol. The van der Waals surface area contributed by atoms with Crippen LogP contribution in [0, 0.1) is 0 Å². The first kappa shape index (κ1) is 14.6. The number of rotatable bonds is 4. The monoisotopic (exact) mass is 317 g/mol. The van der Waals surface area contributed by atoms with Crippen molar-refractivity contribution < 1.29 is 8.63 Å². The van der Waals surface area contributed by atoms with Crippen molar-refractivity contribution in [1.29, 1.82) is 0 Å². The van der Waals surface area contributed by atoms with Crippen LogP contribution < -0.4 is 5.63 Å². The molecule has 0 N–H and O–H groups in total. The molecule has 3 rings (SSSR count). The van der Waals surface area contributed by atoms with E-state index in [4.69, 9.17) is 4.42 Å². The van der Waals surface area contributed by atoms with Gasteiger partial charge in [0, 0.05) is 17.7 Å². The predicted octanol–water partition coefficient (Wildman–Crippen LogP) is 1.73. The lowest BCUT2D eigenvalue weighted by molar-refractivity contribution is 0.556. The van der Waals surface area contributed by atoms with Gasteiger partial charge in [-0.25, -0.2) is 4.79 Å². The summed E-state index contributed by atoms with van der Waals surface area (Å²) in [6, 6.07) is 7.29. The number of fused-ring (bicyclic) bond motifs is 1. The van der Waals surface area contributed by atoms with Crippen molar-refractivity contribution in [2.45, 2.75) is 25.0 Å². The number of nitrogens with zero attached hydrogens (tertiary/aromatic N) is 3. The molecule has 2 aromatic heterocycles. The molecule has 1 atom stereocenters. The van der Waals surface area contributed by atoms with Crippen LogP contribution in [0.15, 0.2) is 45.0 Å². The van der Waals surface area contributed by atoms with E-state index in [0.29, 0.717) is 17.3 Å². The SMILES string of the molecule is CCc1ccc2c(Cn3cnnc3[S@](C)=O)cc(=O)oc2c1. The summed E-state index contributed by atoms with van der Waals surface area (Å²) < 4.78 is 18.6. The van der Waals surface area contributed by atoms with Gasteiger partial charge in [-0.3, -0.25) is 4.21 Å². The van der Waals surface area contributed by atoms with Crippen molar-refractivity contribution in [3.05, 3.63) is 52.1 Å². The lowest BCUT2D eigenvalue weighted by Gasteiger charge is -2.08. The van der Waals surface area contributed by atoms with E-state index in [2.05, 4.69) is 10.2 Å². The van der Waals surface area contributed by atoms with Gasteiger partial charge >= 0.3 is 5.63 Å². The second-order valence-electron chi connectivity index (χ2n) is 4.97. The third kappa shape index (κ3) is 2.71. The molecule has 0 radical (unpaired) electrons. The van der Waals surface area contributed by atoms with Gasteiger partial charge in [0.15, 0.2) is 0 Å². The topological polar surface area (TPSA) is 78.0 Å². The molecule has 6 nitrogen and oxygen atoms in total. The maximum atomic E-state index is 11.8. The molecule has 0 spiro atoms. The number of benzene rings is 1. The van der Waals surface area contributed by atoms with E-state index < -0.39 is 16.4 Å². The van der Waals surface area contributed by atoms with Crippen LogP contribution in [0.4, 0.5) is 0 Å². The zero-order valence-corrected chi connectivity index (χ0v) is 13.1. The molecule has 0 saturated heterocycles. The van der Waals surface area contributed by atoms with Crippen molar-refractivity contribution in [1.82, 2.24) is 14.8 Å². The van der Waals surface area contributed by atoms with Crippen LogP contribution in [0.25, 0.3) is 11.0 Å². The third-order valence-corrected chi connectivity index (χ3v) is 4.31. The molecule has 0 aliphatic carbocycles. The van der Waals surface area contributed by atoms with E-state index >= 15 is 0 Å². The van der Waals surface area contributed by atoms with Gasteiger partial charge in [0.05, 0.1) is 17.3 Å². The molecule has 0 aliphatic heterocycles. The summed E-state index contributed by atoms with van der Waals surface area (Å²) in [5, 5.41) is 8.88. The smallest absolute Gasteiger partial charge is 0.336 e. The largest absolute Gasteiger partial charge is 0.423 e. The highest BCUT2D eigenvalue weighted by Crippen LogP contribution is 2.20. The number of aromatic nitrogens is 3. The van der Waals surface area contributed by atoms with E-state index in [0.717, 1.165) is 22.9 Å². The van der Waals surface area contributed by atoms with E-state index in [1.54, 1.807) is 10.8 Å². The highest BCUT2D eigenvalue weighted by Gasteiger charge is 2.12. The maximum absolute atomic E-state index is 11.8. The van der Waals surface area contributed by atoms with Crippen LogP contribution in [0.2, 0.25) is 0 Å². The van der Waals surface area contributed by atoms with Gasteiger partial charge in [-0.15, -0.1) is 10.2 Å². The van der Waals surface area contributed by atoms with Crippen molar-refractivity contribution in [2.24, 2.45) is 0 Å². The Morgan fingerprint density at radius 2 is 2.14 bits per heavy atom. The normalized spacial score (nSPS) is 12.6. The summed E-state index contributed by atoms with van der Waals surface area (Å²) in [6.45, 7) is 2.42. The minimum absolute atomic E-state index is 0.371. The second kappa shape index (κ2) is 5.84. The van der Waals surface area contributed by atoms with Crippen LogP contribution in [0.5, 0.6) is 0 Å². The van der Waals surface area contributed by atoms with Crippen LogP contribution in [-0.4, -0.2) is 25.2 Å². The summed E-state index contributed by atoms with van der Waals surface area (Å²) in [5.41, 5.74) is 2.06. The van der Waals surface area contributed by atoms with E-state index in [-0.39, 0.29) is 0 Å². The quantitative estimate of drug-likeness (QED) is 0.685. The van der Waals surface area contributed by atoms with Crippen LogP contribution in [0.1, 0.15) is 18.1 Å². The Kier molecular flexibility index (Phi) is 3.89. The molecule has 0 unspecified atom stereocenters. The molecule has 114 valence electrons. The highest BCUT2D eigenvalue weighted by molar-refractivity contribution is 7.84. The maximum Gasteiger partial charge on any atom is 0.336 e. The first-order valence-electron chi connectivity index (χ1n) is 6.85. The van der Waals surface area contributed by atoms with Crippen molar-refractivity contribution in [2.75, 3.05) is 6.26 Å². The average molecular weight is 317 g/mol. The first-order chi connectivity index (χ1) is 10.6. The van der Waals surface area contributed by atoms with Crippen LogP contribution in [-0.2, 0) is 23.8 Å². The Labute approximate surface area is 129 Å². The Morgan fingerprint density at radius 1 is 1.32 bits per heavy atom. The Balaban J connectivity index is 2.12. The van der Waals surface area contributed by atoms with E-state index in [1.807, 2.05) is 25.1 Å². The Bertz CT molecular complexity index is 914. The third-order valence-electron chi connectivity index (χ3n) is 3.48. The molecule has 2 heterocycles. The fourth-order valence-corrected chi connectivity index (χ4v) is 2.99.